The van der Waals surface area contributed by atoms with E-state index in [9.17, 15) is 4.79 Å². The summed E-state index contributed by atoms with van der Waals surface area (Å²) in [4.78, 5) is 10.7. The van der Waals surface area contributed by atoms with Gasteiger partial charge in [0, 0.05) is 11.6 Å². The Labute approximate surface area is 87.5 Å². The van der Waals surface area contributed by atoms with Crippen LogP contribution < -0.4 is 0 Å². The molecule has 1 aromatic heterocycles. The topological polar surface area (TPSA) is 55.1 Å². The molecule has 0 aliphatic rings. The lowest BCUT2D eigenvalue weighted by atomic mass is 10.1. The average Bonchev–Trinajstić information content (AvgIpc) is 2.45. The molecule has 78 valence electrons. The molecule has 4 nitrogen and oxygen atoms in total. The normalized spacial score (nSPS) is 13.2. The van der Waals surface area contributed by atoms with Crippen molar-refractivity contribution >= 4 is 17.6 Å². The van der Waals surface area contributed by atoms with Gasteiger partial charge in [0.15, 0.2) is 0 Å². The van der Waals surface area contributed by atoms with Gasteiger partial charge in [0.1, 0.15) is 5.15 Å². The zero-order valence-corrected chi connectivity index (χ0v) is 9.12. The summed E-state index contributed by atoms with van der Waals surface area (Å²) in [6.45, 7) is 5.47. The molecule has 0 bridgehead atoms. The van der Waals surface area contributed by atoms with E-state index in [0.29, 0.717) is 10.7 Å². The second-order valence-corrected chi connectivity index (χ2v) is 3.85. The lowest BCUT2D eigenvalue weighted by molar-refractivity contribution is -0.138. The predicted octanol–water partition coefficient (Wildman–Crippen LogP) is 2.31. The van der Waals surface area contributed by atoms with E-state index >= 15 is 0 Å². The van der Waals surface area contributed by atoms with Gasteiger partial charge in [-0.05, 0) is 20.8 Å². The van der Waals surface area contributed by atoms with E-state index < -0.39 is 11.9 Å². The summed E-state index contributed by atoms with van der Waals surface area (Å²) < 4.78 is 1.61. The van der Waals surface area contributed by atoms with Crippen LogP contribution in [0.3, 0.4) is 0 Å². The second kappa shape index (κ2) is 4.00. The lowest BCUT2D eigenvalue weighted by Gasteiger charge is -2.08. The highest BCUT2D eigenvalue weighted by Gasteiger charge is 2.21. The molecular weight excluding hydrogens is 204 g/mol. The first kappa shape index (κ1) is 11.0. The summed E-state index contributed by atoms with van der Waals surface area (Å²) in [5, 5.41) is 13.3. The van der Waals surface area contributed by atoms with Gasteiger partial charge in [-0.25, -0.2) is 0 Å². The van der Waals surface area contributed by atoms with Crippen LogP contribution in [0.15, 0.2) is 6.20 Å². The third-order valence-electron chi connectivity index (χ3n) is 2.09. The van der Waals surface area contributed by atoms with Gasteiger partial charge in [0.2, 0.25) is 0 Å². The Hall–Kier alpha value is -1.03. The van der Waals surface area contributed by atoms with E-state index in [1.165, 1.54) is 6.20 Å². The number of rotatable bonds is 3. The minimum Gasteiger partial charge on any atom is -0.481 e. The van der Waals surface area contributed by atoms with Crippen LogP contribution in [0.25, 0.3) is 0 Å². The smallest absolute Gasteiger partial charge is 0.310 e. The van der Waals surface area contributed by atoms with Crippen molar-refractivity contribution in [1.29, 1.82) is 0 Å². The fourth-order valence-corrected chi connectivity index (χ4v) is 1.60. The number of carboxylic acids is 1. The van der Waals surface area contributed by atoms with Gasteiger partial charge in [0.25, 0.3) is 0 Å². The summed E-state index contributed by atoms with van der Waals surface area (Å²) in [7, 11) is 0. The van der Waals surface area contributed by atoms with Crippen LogP contribution in [-0.4, -0.2) is 20.9 Å². The van der Waals surface area contributed by atoms with Gasteiger partial charge in [-0.1, -0.05) is 11.6 Å². The monoisotopic (exact) mass is 216 g/mol. The lowest BCUT2D eigenvalue weighted by Crippen LogP contribution is -2.08. The molecule has 0 saturated carbocycles. The SMILES string of the molecule is CC(C(=O)O)c1cnn(C(C)C)c1Cl. The Morgan fingerprint density at radius 2 is 2.14 bits per heavy atom. The molecular formula is C9H13ClN2O2. The summed E-state index contributed by atoms with van der Waals surface area (Å²) >= 11 is 6.00. The van der Waals surface area contributed by atoms with E-state index in [0.717, 1.165) is 0 Å². The Balaban J connectivity index is 3.06. The maximum absolute atomic E-state index is 10.7. The molecule has 0 fully saturated rings. The zero-order chi connectivity index (χ0) is 10.9. The number of aromatic nitrogens is 2. The predicted molar refractivity (Wildman–Crippen MR) is 53.7 cm³/mol. The minimum absolute atomic E-state index is 0.136. The van der Waals surface area contributed by atoms with E-state index in [4.69, 9.17) is 16.7 Å². The number of aliphatic carboxylic acids is 1. The Morgan fingerprint density at radius 3 is 2.50 bits per heavy atom. The van der Waals surface area contributed by atoms with Crippen molar-refractivity contribution in [3.05, 3.63) is 16.9 Å². The van der Waals surface area contributed by atoms with Gasteiger partial charge < -0.3 is 5.11 Å². The first-order valence-corrected chi connectivity index (χ1v) is 4.78. The van der Waals surface area contributed by atoms with Crippen LogP contribution in [-0.2, 0) is 4.79 Å². The van der Waals surface area contributed by atoms with Gasteiger partial charge in [0.05, 0.1) is 12.1 Å². The van der Waals surface area contributed by atoms with E-state index in [1.54, 1.807) is 11.6 Å². The van der Waals surface area contributed by atoms with Crippen molar-refractivity contribution in [2.24, 2.45) is 0 Å². The standard InChI is InChI=1S/C9H13ClN2O2/c1-5(2)12-8(10)7(4-11-12)6(3)9(13)14/h4-6H,1-3H3,(H,13,14). The molecule has 1 aromatic rings. The molecule has 14 heavy (non-hydrogen) atoms. The fraction of sp³-hybridized carbons (Fsp3) is 0.556. The minimum atomic E-state index is -0.893. The molecule has 1 rings (SSSR count). The largest absolute Gasteiger partial charge is 0.481 e. The maximum Gasteiger partial charge on any atom is 0.310 e. The van der Waals surface area contributed by atoms with Crippen LogP contribution in [0.2, 0.25) is 5.15 Å². The van der Waals surface area contributed by atoms with Crippen LogP contribution in [0.4, 0.5) is 0 Å². The van der Waals surface area contributed by atoms with Crippen LogP contribution in [0, 0.1) is 0 Å². The number of hydrogen-bond donors (Lipinski definition) is 1. The molecule has 1 atom stereocenters. The molecule has 5 heteroatoms. The molecule has 1 heterocycles. The highest BCUT2D eigenvalue weighted by atomic mass is 35.5. The third-order valence-corrected chi connectivity index (χ3v) is 2.48. The molecule has 1 unspecified atom stereocenters. The van der Waals surface area contributed by atoms with E-state index in [2.05, 4.69) is 5.10 Å². The molecule has 0 amide bonds. The fourth-order valence-electron chi connectivity index (χ4n) is 1.14. The Morgan fingerprint density at radius 1 is 1.57 bits per heavy atom. The highest BCUT2D eigenvalue weighted by molar-refractivity contribution is 6.30. The molecule has 0 aliphatic carbocycles. The van der Waals surface area contributed by atoms with Crippen LogP contribution in [0.5, 0.6) is 0 Å². The number of nitrogens with zero attached hydrogens (tertiary/aromatic N) is 2. The first-order valence-electron chi connectivity index (χ1n) is 4.40. The van der Waals surface area contributed by atoms with E-state index in [1.807, 2.05) is 13.8 Å². The van der Waals surface area contributed by atoms with Gasteiger partial charge >= 0.3 is 5.97 Å². The van der Waals surface area contributed by atoms with Gasteiger partial charge in [-0.3, -0.25) is 9.48 Å². The summed E-state index contributed by atoms with van der Waals surface area (Å²) in [5.74, 6) is -1.51. The van der Waals surface area contributed by atoms with Crippen molar-refractivity contribution in [2.45, 2.75) is 32.7 Å². The summed E-state index contributed by atoms with van der Waals surface area (Å²) in [5.41, 5.74) is 0.563. The third kappa shape index (κ3) is 1.90. The molecule has 0 radical (unpaired) electrons. The molecule has 0 aliphatic heterocycles. The Bertz CT molecular complexity index is 347. The first-order chi connectivity index (χ1) is 6.45. The maximum atomic E-state index is 10.7. The second-order valence-electron chi connectivity index (χ2n) is 3.49. The average molecular weight is 217 g/mol. The summed E-state index contributed by atoms with van der Waals surface area (Å²) in [6, 6.07) is 0.136. The van der Waals surface area contributed by atoms with Gasteiger partial charge in [-0.15, -0.1) is 0 Å². The van der Waals surface area contributed by atoms with Crippen molar-refractivity contribution in [2.75, 3.05) is 0 Å². The zero-order valence-electron chi connectivity index (χ0n) is 8.36. The van der Waals surface area contributed by atoms with Crippen molar-refractivity contribution in [1.82, 2.24) is 9.78 Å². The Kier molecular flexibility index (Phi) is 3.16. The number of halogens is 1. The number of carbonyl (C=O) groups is 1. The van der Waals surface area contributed by atoms with Crippen molar-refractivity contribution in [3.8, 4) is 0 Å². The van der Waals surface area contributed by atoms with Crippen LogP contribution >= 0.6 is 11.6 Å². The molecule has 0 spiro atoms. The van der Waals surface area contributed by atoms with Crippen molar-refractivity contribution < 1.29 is 9.90 Å². The highest BCUT2D eigenvalue weighted by Crippen LogP contribution is 2.26. The van der Waals surface area contributed by atoms with E-state index in [-0.39, 0.29) is 6.04 Å². The van der Waals surface area contributed by atoms with Gasteiger partial charge in [-0.2, -0.15) is 5.10 Å². The van der Waals surface area contributed by atoms with Crippen molar-refractivity contribution in [3.63, 3.8) is 0 Å². The molecule has 0 aromatic carbocycles. The summed E-state index contributed by atoms with van der Waals surface area (Å²) in [6.07, 6.45) is 1.52. The molecule has 1 N–H and O–H groups in total. The molecule has 0 saturated heterocycles. The number of carboxylic acid groups (broad SMARTS) is 1. The number of hydrogen-bond acceptors (Lipinski definition) is 2. The quantitative estimate of drug-likeness (QED) is 0.844. The van der Waals surface area contributed by atoms with Crippen LogP contribution in [0.1, 0.15) is 38.3 Å².